The van der Waals surface area contributed by atoms with Crippen LogP contribution in [-0.4, -0.2) is 40.6 Å². The van der Waals surface area contributed by atoms with Crippen LogP contribution in [0.5, 0.6) is 0 Å². The van der Waals surface area contributed by atoms with Crippen molar-refractivity contribution in [1.29, 1.82) is 0 Å². The lowest BCUT2D eigenvalue weighted by Gasteiger charge is -2.39. The van der Waals surface area contributed by atoms with E-state index in [0.717, 1.165) is 6.42 Å². The summed E-state index contributed by atoms with van der Waals surface area (Å²) >= 11 is 0. The van der Waals surface area contributed by atoms with Crippen molar-refractivity contribution < 1.29 is 14.7 Å². The Hall–Kier alpha value is -1.26. The van der Waals surface area contributed by atoms with Gasteiger partial charge in [0.25, 0.3) is 0 Å². The second kappa shape index (κ2) is 4.69. The van der Waals surface area contributed by atoms with Crippen LogP contribution in [0.25, 0.3) is 0 Å². The van der Waals surface area contributed by atoms with Crippen LogP contribution in [0.2, 0.25) is 0 Å². The highest BCUT2D eigenvalue weighted by molar-refractivity contribution is 5.79. The molecule has 19 heavy (non-hydrogen) atoms. The Balaban J connectivity index is 1.97. The highest BCUT2D eigenvalue weighted by Crippen LogP contribution is 2.39. The highest BCUT2D eigenvalue weighted by Gasteiger charge is 2.42. The summed E-state index contributed by atoms with van der Waals surface area (Å²) in [4.78, 5) is 25.2. The summed E-state index contributed by atoms with van der Waals surface area (Å²) in [5.74, 6) is -0.251. The molecule has 5 heteroatoms. The SMILES string of the molecule is CC1(C(=O)O)CCCN(C(=O)NC(C)(C)C2CC2)C1. The van der Waals surface area contributed by atoms with E-state index in [1.54, 1.807) is 11.8 Å². The lowest BCUT2D eigenvalue weighted by molar-refractivity contribution is -0.150. The molecule has 1 saturated heterocycles. The fourth-order valence-electron chi connectivity index (χ4n) is 2.85. The lowest BCUT2D eigenvalue weighted by Crippen LogP contribution is -2.56. The van der Waals surface area contributed by atoms with Crippen molar-refractivity contribution in [2.24, 2.45) is 11.3 Å². The maximum absolute atomic E-state index is 12.3. The molecule has 1 unspecified atom stereocenters. The zero-order valence-electron chi connectivity index (χ0n) is 12.0. The van der Waals surface area contributed by atoms with Gasteiger partial charge in [0.15, 0.2) is 0 Å². The Morgan fingerprint density at radius 3 is 2.53 bits per heavy atom. The first-order valence-electron chi connectivity index (χ1n) is 7.05. The summed E-state index contributed by atoms with van der Waals surface area (Å²) in [5, 5.41) is 12.3. The van der Waals surface area contributed by atoms with E-state index in [2.05, 4.69) is 5.32 Å². The molecular formula is C14H24N2O3. The molecule has 1 aliphatic heterocycles. The minimum Gasteiger partial charge on any atom is -0.481 e. The summed E-state index contributed by atoms with van der Waals surface area (Å²) in [6.45, 7) is 6.76. The van der Waals surface area contributed by atoms with Crippen LogP contribution in [0.15, 0.2) is 0 Å². The summed E-state index contributed by atoms with van der Waals surface area (Å²) in [5.41, 5.74) is -0.993. The van der Waals surface area contributed by atoms with Gasteiger partial charge in [-0.25, -0.2) is 4.79 Å². The molecule has 0 bridgehead atoms. The second-order valence-electron chi connectivity index (χ2n) is 6.82. The second-order valence-corrected chi connectivity index (χ2v) is 6.82. The van der Waals surface area contributed by atoms with Crippen molar-refractivity contribution in [1.82, 2.24) is 10.2 Å². The average Bonchev–Trinajstić information content (AvgIpc) is 3.12. The minimum atomic E-state index is -0.813. The molecule has 0 aromatic heterocycles. The highest BCUT2D eigenvalue weighted by atomic mass is 16.4. The number of carbonyl (C=O) groups is 2. The monoisotopic (exact) mass is 268 g/mol. The zero-order chi connectivity index (χ0) is 14.3. The Kier molecular flexibility index (Phi) is 3.49. The molecule has 2 amide bonds. The fraction of sp³-hybridized carbons (Fsp3) is 0.857. The molecule has 2 fully saturated rings. The molecule has 0 radical (unpaired) electrons. The molecule has 0 aromatic carbocycles. The van der Waals surface area contributed by atoms with E-state index in [0.29, 0.717) is 25.4 Å². The quantitative estimate of drug-likeness (QED) is 0.823. The number of likely N-dealkylation sites (tertiary alicyclic amines) is 1. The summed E-state index contributed by atoms with van der Waals surface area (Å²) in [7, 11) is 0. The van der Waals surface area contributed by atoms with Gasteiger partial charge in [-0.15, -0.1) is 0 Å². The van der Waals surface area contributed by atoms with E-state index in [4.69, 9.17) is 0 Å². The summed E-state index contributed by atoms with van der Waals surface area (Å²) < 4.78 is 0. The first kappa shape index (κ1) is 14.2. The third-order valence-corrected chi connectivity index (χ3v) is 4.53. The third kappa shape index (κ3) is 3.01. The lowest BCUT2D eigenvalue weighted by atomic mass is 9.82. The number of carboxylic acids is 1. The number of carboxylic acid groups (broad SMARTS) is 1. The smallest absolute Gasteiger partial charge is 0.317 e. The van der Waals surface area contributed by atoms with Gasteiger partial charge in [0.05, 0.1) is 5.41 Å². The average molecular weight is 268 g/mol. The van der Waals surface area contributed by atoms with Gasteiger partial charge >= 0.3 is 12.0 Å². The minimum absolute atomic E-state index is 0.121. The Morgan fingerprint density at radius 2 is 2.00 bits per heavy atom. The van der Waals surface area contributed by atoms with Crippen LogP contribution in [0, 0.1) is 11.3 Å². The van der Waals surface area contributed by atoms with Crippen molar-refractivity contribution >= 4 is 12.0 Å². The molecule has 2 aliphatic rings. The van der Waals surface area contributed by atoms with Gasteiger partial charge in [-0.2, -0.15) is 0 Å². The molecule has 5 nitrogen and oxygen atoms in total. The Bertz CT molecular complexity index is 390. The fourth-order valence-corrected chi connectivity index (χ4v) is 2.85. The van der Waals surface area contributed by atoms with Gasteiger partial charge in [-0.3, -0.25) is 4.79 Å². The van der Waals surface area contributed by atoms with Crippen molar-refractivity contribution in [2.45, 2.75) is 52.0 Å². The van der Waals surface area contributed by atoms with Crippen molar-refractivity contribution in [3.05, 3.63) is 0 Å². The number of nitrogens with zero attached hydrogens (tertiary/aromatic N) is 1. The van der Waals surface area contributed by atoms with E-state index in [1.165, 1.54) is 12.8 Å². The number of carbonyl (C=O) groups excluding carboxylic acids is 1. The number of hydrogen-bond donors (Lipinski definition) is 2. The maximum atomic E-state index is 12.3. The molecule has 0 aromatic rings. The molecular weight excluding hydrogens is 244 g/mol. The Labute approximate surface area is 114 Å². The van der Waals surface area contributed by atoms with Gasteiger partial charge < -0.3 is 15.3 Å². The topological polar surface area (TPSA) is 69.6 Å². The van der Waals surface area contributed by atoms with E-state index < -0.39 is 11.4 Å². The van der Waals surface area contributed by atoms with E-state index in [9.17, 15) is 14.7 Å². The first-order valence-corrected chi connectivity index (χ1v) is 7.05. The van der Waals surface area contributed by atoms with Crippen LogP contribution < -0.4 is 5.32 Å². The summed E-state index contributed by atoms with van der Waals surface area (Å²) in [6, 6.07) is -0.121. The first-order chi connectivity index (χ1) is 8.74. The normalized spacial score (nSPS) is 28.1. The Morgan fingerprint density at radius 1 is 1.37 bits per heavy atom. The van der Waals surface area contributed by atoms with Crippen molar-refractivity contribution in [3.8, 4) is 0 Å². The van der Waals surface area contributed by atoms with E-state index in [1.807, 2.05) is 13.8 Å². The van der Waals surface area contributed by atoms with Gasteiger partial charge in [0, 0.05) is 18.6 Å². The number of urea groups is 1. The number of amides is 2. The molecule has 2 rings (SSSR count). The molecule has 1 saturated carbocycles. The third-order valence-electron chi connectivity index (χ3n) is 4.53. The molecule has 108 valence electrons. The van der Waals surface area contributed by atoms with Gasteiger partial charge in [-0.1, -0.05) is 0 Å². The predicted octanol–water partition coefficient (Wildman–Crippen LogP) is 2.07. The molecule has 1 aliphatic carbocycles. The van der Waals surface area contributed by atoms with Crippen LogP contribution in [0.3, 0.4) is 0 Å². The van der Waals surface area contributed by atoms with Gasteiger partial charge in [-0.05, 0) is 52.4 Å². The molecule has 1 atom stereocenters. The zero-order valence-corrected chi connectivity index (χ0v) is 12.0. The van der Waals surface area contributed by atoms with Crippen molar-refractivity contribution in [3.63, 3.8) is 0 Å². The van der Waals surface area contributed by atoms with Gasteiger partial charge in [0.1, 0.15) is 0 Å². The molecule has 1 heterocycles. The van der Waals surface area contributed by atoms with E-state index in [-0.39, 0.29) is 11.6 Å². The van der Waals surface area contributed by atoms with Crippen LogP contribution in [0.1, 0.15) is 46.5 Å². The largest absolute Gasteiger partial charge is 0.481 e. The number of piperidine rings is 1. The van der Waals surface area contributed by atoms with Gasteiger partial charge in [0.2, 0.25) is 0 Å². The standard InChI is InChI=1S/C14H24N2O3/c1-13(2,10-5-6-10)15-12(19)16-8-4-7-14(3,9-16)11(17)18/h10H,4-9H2,1-3H3,(H,15,19)(H,17,18). The van der Waals surface area contributed by atoms with Crippen LogP contribution in [-0.2, 0) is 4.79 Å². The number of nitrogens with one attached hydrogen (secondary N) is 1. The summed E-state index contributed by atoms with van der Waals surface area (Å²) in [6.07, 6.45) is 3.72. The number of hydrogen-bond acceptors (Lipinski definition) is 2. The number of aliphatic carboxylic acids is 1. The van der Waals surface area contributed by atoms with Crippen molar-refractivity contribution in [2.75, 3.05) is 13.1 Å². The molecule has 2 N–H and O–H groups in total. The van der Waals surface area contributed by atoms with E-state index >= 15 is 0 Å². The van der Waals surface area contributed by atoms with Crippen LogP contribution >= 0.6 is 0 Å². The molecule has 0 spiro atoms. The maximum Gasteiger partial charge on any atom is 0.317 e. The predicted molar refractivity (Wildman–Crippen MR) is 71.9 cm³/mol. The number of rotatable bonds is 3. The van der Waals surface area contributed by atoms with Crippen LogP contribution in [0.4, 0.5) is 4.79 Å².